The Morgan fingerprint density at radius 1 is 0.962 bits per heavy atom. The van der Waals surface area contributed by atoms with E-state index in [1.807, 2.05) is 4.90 Å². The lowest BCUT2D eigenvalue weighted by atomic mass is 10.3. The molecule has 2 rings (SSSR count). The second-order valence-corrected chi connectivity index (χ2v) is 6.24. The lowest BCUT2D eigenvalue weighted by Gasteiger charge is -2.23. The number of fused-ring (bicyclic) bond motifs is 1. The van der Waals surface area contributed by atoms with E-state index in [-0.39, 0.29) is 11.0 Å². The van der Waals surface area contributed by atoms with E-state index in [9.17, 15) is 4.79 Å². The van der Waals surface area contributed by atoms with Gasteiger partial charge in [-0.2, -0.15) is 0 Å². The van der Waals surface area contributed by atoms with E-state index in [0.717, 1.165) is 0 Å². The van der Waals surface area contributed by atoms with E-state index in [1.54, 1.807) is 14.2 Å². The first-order chi connectivity index (χ1) is 12.7. The first-order valence-corrected chi connectivity index (χ1v) is 9.05. The second-order valence-electron chi connectivity index (χ2n) is 5.39. The highest BCUT2D eigenvalue weighted by Gasteiger charge is 2.16. The zero-order chi connectivity index (χ0) is 18.8. The number of nitrogens with zero attached hydrogens (tertiary/aromatic N) is 1. The van der Waals surface area contributed by atoms with Crippen LogP contribution in [0.15, 0.2) is 30.4 Å². The van der Waals surface area contributed by atoms with Crippen LogP contribution in [0, 0.1) is 0 Å². The Labute approximate surface area is 160 Å². The van der Waals surface area contributed by atoms with Gasteiger partial charge in [-0.05, 0) is 15.9 Å². The molecule has 0 N–H and O–H groups in total. The Morgan fingerprint density at radius 3 is 2.15 bits per heavy atom. The van der Waals surface area contributed by atoms with Crippen molar-refractivity contribution in [3.8, 4) is 0 Å². The van der Waals surface area contributed by atoms with Crippen LogP contribution in [0.25, 0.3) is 11.2 Å². The molecule has 0 aliphatic rings. The molecule has 0 atom stereocenters. The van der Waals surface area contributed by atoms with Gasteiger partial charge in [-0.1, -0.05) is 0 Å². The van der Waals surface area contributed by atoms with Gasteiger partial charge in [-0.25, -0.2) is 0 Å². The highest BCUT2D eigenvalue weighted by Crippen LogP contribution is 2.27. The summed E-state index contributed by atoms with van der Waals surface area (Å²) in [7, 11) is 3.25. The van der Waals surface area contributed by atoms with Gasteiger partial charge in [0.1, 0.15) is 6.26 Å². The molecule has 0 unspecified atom stereocenters. The van der Waals surface area contributed by atoms with Crippen molar-refractivity contribution >= 4 is 33.0 Å². The van der Waals surface area contributed by atoms with Gasteiger partial charge in [0.15, 0.2) is 5.58 Å². The molecule has 2 aromatic heterocycles. The third kappa shape index (κ3) is 6.10. The molecule has 2 aromatic rings. The van der Waals surface area contributed by atoms with Crippen LogP contribution in [-0.4, -0.2) is 67.0 Å². The summed E-state index contributed by atoms with van der Waals surface area (Å²) in [4.78, 5) is 14.2. The Kier molecular flexibility index (Phi) is 9.13. The average molecular weight is 434 g/mol. The van der Waals surface area contributed by atoms with Gasteiger partial charge in [0.2, 0.25) is 16.9 Å². The van der Waals surface area contributed by atoms with Crippen molar-refractivity contribution in [3.63, 3.8) is 0 Å². The molecule has 0 aromatic carbocycles. The molecule has 2 heterocycles. The third-order valence-electron chi connectivity index (χ3n) is 3.57. The first kappa shape index (κ1) is 20.9. The quantitative estimate of drug-likeness (QED) is 0.444. The number of anilines is 1. The predicted octanol–water partition coefficient (Wildman–Crippen LogP) is 2.28. The van der Waals surface area contributed by atoms with Crippen molar-refractivity contribution in [2.75, 3.05) is 71.9 Å². The van der Waals surface area contributed by atoms with Crippen molar-refractivity contribution in [1.82, 2.24) is 0 Å². The molecule has 0 saturated carbocycles. The molecule has 0 saturated heterocycles. The topological polar surface area (TPSA) is 83.5 Å². The van der Waals surface area contributed by atoms with Gasteiger partial charge in [-0.3, -0.25) is 4.79 Å². The fourth-order valence-electron chi connectivity index (χ4n) is 2.23. The van der Waals surface area contributed by atoms with Crippen LogP contribution in [0.1, 0.15) is 0 Å². The summed E-state index contributed by atoms with van der Waals surface area (Å²) >= 11 is 3.32. The van der Waals surface area contributed by atoms with Gasteiger partial charge in [0.25, 0.3) is 0 Å². The zero-order valence-corrected chi connectivity index (χ0v) is 16.6. The normalized spacial score (nSPS) is 11.3. The largest absolute Gasteiger partial charge is 0.456 e. The molecular formula is C17H24BrNO7. The minimum Gasteiger partial charge on any atom is -0.456 e. The molecule has 26 heavy (non-hydrogen) atoms. The smallest absolute Gasteiger partial charge is 0.230 e. The number of methoxy groups -OCH3 is 2. The van der Waals surface area contributed by atoms with Crippen molar-refractivity contribution < 1.29 is 27.8 Å². The standard InChI is InChI=1S/C17H24BrNO7/c1-21-7-9-23-5-3-19(4-6-24-10-8-22-2)15-11-14(20)17-16(26-15)13(18)12-25-17/h11-12H,3-10H2,1-2H3. The number of hydrogen-bond donors (Lipinski definition) is 0. The zero-order valence-electron chi connectivity index (χ0n) is 15.0. The van der Waals surface area contributed by atoms with Crippen LogP contribution in [0.2, 0.25) is 0 Å². The Balaban J connectivity index is 2.05. The molecule has 0 aliphatic heterocycles. The molecule has 9 heteroatoms. The molecular weight excluding hydrogens is 410 g/mol. The summed E-state index contributed by atoms with van der Waals surface area (Å²) in [5.74, 6) is 0.440. The first-order valence-electron chi connectivity index (χ1n) is 8.26. The maximum absolute atomic E-state index is 12.3. The Morgan fingerprint density at radius 2 is 1.58 bits per heavy atom. The van der Waals surface area contributed by atoms with Crippen molar-refractivity contribution in [1.29, 1.82) is 0 Å². The van der Waals surface area contributed by atoms with E-state index >= 15 is 0 Å². The Bertz CT molecular complexity index is 701. The van der Waals surface area contributed by atoms with Crippen molar-refractivity contribution in [2.24, 2.45) is 0 Å². The fraction of sp³-hybridized carbons (Fsp3) is 0.588. The molecule has 0 fully saturated rings. The lowest BCUT2D eigenvalue weighted by molar-refractivity contribution is 0.0672. The van der Waals surface area contributed by atoms with Crippen LogP contribution in [0.3, 0.4) is 0 Å². The van der Waals surface area contributed by atoms with Crippen molar-refractivity contribution in [3.05, 3.63) is 27.0 Å². The third-order valence-corrected chi connectivity index (χ3v) is 4.12. The summed E-state index contributed by atoms with van der Waals surface area (Å²) in [5.41, 5.74) is 0.337. The predicted molar refractivity (Wildman–Crippen MR) is 100 cm³/mol. The second kappa shape index (κ2) is 11.3. The summed E-state index contributed by atoms with van der Waals surface area (Å²) < 4.78 is 32.6. The minimum absolute atomic E-state index is 0.188. The van der Waals surface area contributed by atoms with Crippen LogP contribution >= 0.6 is 15.9 Å². The summed E-state index contributed by atoms with van der Waals surface area (Å²) in [6, 6.07) is 1.42. The van der Waals surface area contributed by atoms with Crippen LogP contribution in [0.4, 0.5) is 5.88 Å². The number of halogens is 1. The molecule has 0 bridgehead atoms. The average Bonchev–Trinajstić information content (AvgIpc) is 3.01. The highest BCUT2D eigenvalue weighted by molar-refractivity contribution is 9.10. The maximum Gasteiger partial charge on any atom is 0.230 e. The molecule has 0 aliphatic carbocycles. The van der Waals surface area contributed by atoms with Gasteiger partial charge in [0, 0.05) is 27.3 Å². The number of furan rings is 1. The summed E-state index contributed by atoms with van der Waals surface area (Å²) in [6.07, 6.45) is 1.44. The van der Waals surface area contributed by atoms with Gasteiger partial charge in [0.05, 0.1) is 50.2 Å². The highest BCUT2D eigenvalue weighted by atomic mass is 79.9. The van der Waals surface area contributed by atoms with E-state index in [2.05, 4.69) is 15.9 Å². The summed E-state index contributed by atoms with van der Waals surface area (Å²) in [5, 5.41) is 0. The molecule has 0 radical (unpaired) electrons. The molecule has 8 nitrogen and oxygen atoms in total. The van der Waals surface area contributed by atoms with Gasteiger partial charge >= 0.3 is 0 Å². The molecule has 0 spiro atoms. The Hall–Kier alpha value is -1.39. The van der Waals surface area contributed by atoms with E-state index < -0.39 is 0 Å². The van der Waals surface area contributed by atoms with Crippen molar-refractivity contribution in [2.45, 2.75) is 0 Å². The number of hydrogen-bond acceptors (Lipinski definition) is 8. The molecule has 0 amide bonds. The van der Waals surface area contributed by atoms with Gasteiger partial charge < -0.3 is 32.7 Å². The monoisotopic (exact) mass is 433 g/mol. The van der Waals surface area contributed by atoms with Crippen LogP contribution in [0.5, 0.6) is 0 Å². The molecule has 146 valence electrons. The number of ether oxygens (including phenoxy) is 4. The van der Waals surface area contributed by atoms with Crippen LogP contribution < -0.4 is 10.3 Å². The SMILES string of the molecule is COCCOCCN(CCOCCOC)c1cc(=O)c2occ(Br)c2o1. The van der Waals surface area contributed by atoms with E-state index in [4.69, 9.17) is 27.8 Å². The minimum atomic E-state index is -0.238. The maximum atomic E-state index is 12.3. The van der Waals surface area contributed by atoms with Crippen LogP contribution in [-0.2, 0) is 18.9 Å². The van der Waals surface area contributed by atoms with E-state index in [0.29, 0.717) is 68.7 Å². The number of rotatable bonds is 13. The lowest BCUT2D eigenvalue weighted by Crippen LogP contribution is -2.32. The summed E-state index contributed by atoms with van der Waals surface area (Å²) in [6.45, 7) is 4.09. The van der Waals surface area contributed by atoms with Gasteiger partial charge in [-0.15, -0.1) is 0 Å². The fourth-order valence-corrected chi connectivity index (χ4v) is 2.58. The van der Waals surface area contributed by atoms with E-state index in [1.165, 1.54) is 12.3 Å².